The first kappa shape index (κ1) is 13.3. The molecule has 0 radical (unpaired) electrons. The Labute approximate surface area is 105 Å². The summed E-state index contributed by atoms with van der Waals surface area (Å²) in [7, 11) is 1.70. The third-order valence-corrected chi connectivity index (χ3v) is 2.91. The van der Waals surface area contributed by atoms with Crippen molar-refractivity contribution in [2.75, 3.05) is 7.05 Å². The molecule has 1 amide bonds. The van der Waals surface area contributed by atoms with Crippen LogP contribution in [0, 0.1) is 0 Å². The van der Waals surface area contributed by atoms with Crippen LogP contribution in [0.15, 0.2) is 18.2 Å². The number of halogens is 2. The zero-order valence-corrected chi connectivity index (χ0v) is 10.7. The molecule has 0 aliphatic carbocycles. The monoisotopic (exact) mass is 260 g/mol. The molecule has 0 unspecified atom stereocenters. The van der Waals surface area contributed by atoms with Crippen LogP contribution in [0.2, 0.25) is 10.0 Å². The molecule has 0 fully saturated rings. The summed E-state index contributed by atoms with van der Waals surface area (Å²) < 4.78 is 0. The molecule has 2 N–H and O–H groups in total. The van der Waals surface area contributed by atoms with Gasteiger partial charge in [0.2, 0.25) is 5.91 Å². The number of rotatable bonds is 3. The Morgan fingerprint density at radius 2 is 2.06 bits per heavy atom. The number of benzene rings is 1. The number of carbonyl (C=O) groups is 1. The van der Waals surface area contributed by atoms with E-state index in [0.717, 1.165) is 5.56 Å². The topological polar surface area (TPSA) is 46.3 Å². The second-order valence-corrected chi connectivity index (χ2v) is 4.55. The fraction of sp³-hybridized carbons (Fsp3) is 0.364. The minimum absolute atomic E-state index is 0.105. The minimum Gasteiger partial charge on any atom is -0.340 e. The Hall–Kier alpha value is -0.770. The van der Waals surface area contributed by atoms with Gasteiger partial charge in [0.15, 0.2) is 0 Å². The maximum Gasteiger partial charge on any atom is 0.239 e. The van der Waals surface area contributed by atoms with Crippen molar-refractivity contribution in [1.29, 1.82) is 0 Å². The van der Waals surface area contributed by atoms with Crippen LogP contribution in [-0.2, 0) is 11.3 Å². The van der Waals surface area contributed by atoms with Gasteiger partial charge in [0.25, 0.3) is 0 Å². The summed E-state index contributed by atoms with van der Waals surface area (Å²) in [5, 5.41) is 0.993. The number of nitrogens with zero attached hydrogens (tertiary/aromatic N) is 1. The molecule has 1 aromatic rings. The highest BCUT2D eigenvalue weighted by atomic mass is 35.5. The molecule has 16 heavy (non-hydrogen) atoms. The lowest BCUT2D eigenvalue weighted by atomic mass is 10.2. The van der Waals surface area contributed by atoms with Gasteiger partial charge in [-0.1, -0.05) is 29.3 Å². The van der Waals surface area contributed by atoms with Crippen LogP contribution in [0.25, 0.3) is 0 Å². The third-order valence-electron chi connectivity index (χ3n) is 2.17. The Morgan fingerprint density at radius 1 is 1.44 bits per heavy atom. The zero-order chi connectivity index (χ0) is 12.3. The molecule has 1 atom stereocenters. The van der Waals surface area contributed by atoms with E-state index < -0.39 is 6.04 Å². The maximum atomic E-state index is 11.5. The SMILES string of the molecule is C[C@H](N)C(=O)N(C)Cc1ccc(Cl)c(Cl)c1. The van der Waals surface area contributed by atoms with Crippen LogP contribution in [0.3, 0.4) is 0 Å². The molecule has 1 aromatic carbocycles. The van der Waals surface area contributed by atoms with E-state index in [0.29, 0.717) is 16.6 Å². The van der Waals surface area contributed by atoms with Crippen LogP contribution in [0.5, 0.6) is 0 Å². The number of amides is 1. The number of hydrogen-bond donors (Lipinski definition) is 1. The van der Waals surface area contributed by atoms with Gasteiger partial charge in [0, 0.05) is 13.6 Å². The average Bonchev–Trinajstić information content (AvgIpc) is 2.22. The van der Waals surface area contributed by atoms with Gasteiger partial charge in [-0.2, -0.15) is 0 Å². The van der Waals surface area contributed by atoms with Gasteiger partial charge in [-0.25, -0.2) is 0 Å². The van der Waals surface area contributed by atoms with Crippen LogP contribution in [-0.4, -0.2) is 23.9 Å². The molecule has 0 aliphatic heterocycles. The average molecular weight is 261 g/mol. The number of carbonyl (C=O) groups excluding carboxylic acids is 1. The van der Waals surface area contributed by atoms with Crippen molar-refractivity contribution in [2.24, 2.45) is 5.73 Å². The van der Waals surface area contributed by atoms with Crippen LogP contribution in [0.4, 0.5) is 0 Å². The highest BCUT2D eigenvalue weighted by Crippen LogP contribution is 2.23. The molecule has 3 nitrogen and oxygen atoms in total. The van der Waals surface area contributed by atoms with E-state index in [1.807, 2.05) is 6.07 Å². The number of likely N-dealkylation sites (N-methyl/N-ethyl adjacent to an activating group) is 1. The van der Waals surface area contributed by atoms with Gasteiger partial charge in [-0.3, -0.25) is 4.79 Å². The van der Waals surface area contributed by atoms with Crippen molar-refractivity contribution < 1.29 is 4.79 Å². The fourth-order valence-corrected chi connectivity index (χ4v) is 1.66. The molecule has 0 saturated carbocycles. The molecule has 1 rings (SSSR count). The lowest BCUT2D eigenvalue weighted by molar-refractivity contribution is -0.131. The molecule has 88 valence electrons. The Kier molecular flexibility index (Phi) is 4.59. The molecule has 0 saturated heterocycles. The lowest BCUT2D eigenvalue weighted by Gasteiger charge is -2.19. The number of nitrogens with two attached hydrogens (primary N) is 1. The van der Waals surface area contributed by atoms with Crippen molar-refractivity contribution >= 4 is 29.1 Å². The second kappa shape index (κ2) is 5.53. The molecule has 0 heterocycles. The van der Waals surface area contributed by atoms with Crippen LogP contribution in [0.1, 0.15) is 12.5 Å². The third kappa shape index (κ3) is 3.37. The molecule has 5 heteroatoms. The maximum absolute atomic E-state index is 11.5. The van der Waals surface area contributed by atoms with Crippen molar-refractivity contribution in [3.8, 4) is 0 Å². The quantitative estimate of drug-likeness (QED) is 0.907. The first-order valence-electron chi connectivity index (χ1n) is 4.86. The molecule has 0 spiro atoms. The predicted octanol–water partition coefficient (Wildman–Crippen LogP) is 2.30. The Bertz CT molecular complexity index is 394. The molecule has 0 aliphatic rings. The van der Waals surface area contributed by atoms with Gasteiger partial charge >= 0.3 is 0 Å². The zero-order valence-electron chi connectivity index (χ0n) is 9.21. The van der Waals surface area contributed by atoms with E-state index in [2.05, 4.69) is 0 Å². The summed E-state index contributed by atoms with van der Waals surface area (Å²) >= 11 is 11.7. The van der Waals surface area contributed by atoms with Crippen molar-refractivity contribution in [2.45, 2.75) is 19.5 Å². The van der Waals surface area contributed by atoms with Gasteiger partial charge in [0.05, 0.1) is 16.1 Å². The number of hydrogen-bond acceptors (Lipinski definition) is 2. The predicted molar refractivity (Wildman–Crippen MR) is 66.6 cm³/mol. The molecule has 0 bridgehead atoms. The fourth-order valence-electron chi connectivity index (χ4n) is 1.34. The van der Waals surface area contributed by atoms with E-state index in [1.165, 1.54) is 0 Å². The largest absolute Gasteiger partial charge is 0.340 e. The highest BCUT2D eigenvalue weighted by Gasteiger charge is 2.13. The van der Waals surface area contributed by atoms with Gasteiger partial charge in [0.1, 0.15) is 0 Å². The standard InChI is InChI=1S/C11H14Cl2N2O/c1-7(14)11(16)15(2)6-8-3-4-9(12)10(13)5-8/h3-5,7H,6,14H2,1-2H3/t7-/m0/s1. The molecule has 0 aromatic heterocycles. The lowest BCUT2D eigenvalue weighted by Crippen LogP contribution is -2.39. The normalized spacial score (nSPS) is 12.3. The van der Waals surface area contributed by atoms with E-state index in [4.69, 9.17) is 28.9 Å². The van der Waals surface area contributed by atoms with Gasteiger partial charge in [-0.15, -0.1) is 0 Å². The van der Waals surface area contributed by atoms with E-state index in [9.17, 15) is 4.79 Å². The first-order valence-corrected chi connectivity index (χ1v) is 5.62. The molecular weight excluding hydrogens is 247 g/mol. The summed E-state index contributed by atoms with van der Waals surface area (Å²) in [4.78, 5) is 13.1. The van der Waals surface area contributed by atoms with Gasteiger partial charge in [-0.05, 0) is 24.6 Å². The summed E-state index contributed by atoms with van der Waals surface area (Å²) in [6, 6.07) is 4.80. The minimum atomic E-state index is -0.493. The van der Waals surface area contributed by atoms with E-state index >= 15 is 0 Å². The van der Waals surface area contributed by atoms with Crippen molar-refractivity contribution in [3.63, 3.8) is 0 Å². The van der Waals surface area contributed by atoms with Crippen LogP contribution < -0.4 is 5.73 Å². The van der Waals surface area contributed by atoms with Crippen molar-refractivity contribution in [1.82, 2.24) is 4.90 Å². The van der Waals surface area contributed by atoms with E-state index in [-0.39, 0.29) is 5.91 Å². The van der Waals surface area contributed by atoms with Crippen LogP contribution >= 0.6 is 23.2 Å². The van der Waals surface area contributed by atoms with E-state index in [1.54, 1.807) is 31.0 Å². The highest BCUT2D eigenvalue weighted by molar-refractivity contribution is 6.42. The van der Waals surface area contributed by atoms with Gasteiger partial charge < -0.3 is 10.6 Å². The second-order valence-electron chi connectivity index (χ2n) is 3.73. The Morgan fingerprint density at radius 3 is 2.56 bits per heavy atom. The summed E-state index contributed by atoms with van der Waals surface area (Å²) in [5.74, 6) is -0.105. The first-order chi connectivity index (χ1) is 7.41. The Balaban J connectivity index is 2.73. The summed E-state index contributed by atoms with van der Waals surface area (Å²) in [6.45, 7) is 2.13. The molecular formula is C11H14Cl2N2O. The summed E-state index contributed by atoms with van der Waals surface area (Å²) in [5.41, 5.74) is 6.43. The summed E-state index contributed by atoms with van der Waals surface area (Å²) in [6.07, 6.45) is 0. The van der Waals surface area contributed by atoms with Crippen molar-refractivity contribution in [3.05, 3.63) is 33.8 Å². The smallest absolute Gasteiger partial charge is 0.239 e.